The van der Waals surface area contributed by atoms with Crippen LogP contribution in [0.1, 0.15) is 89.9 Å². The Labute approximate surface area is 180 Å². The quantitative estimate of drug-likeness (QED) is 0.298. The van der Waals surface area contributed by atoms with Gasteiger partial charge in [-0.3, -0.25) is 9.59 Å². The Balaban J connectivity index is 0.974. The van der Waals surface area contributed by atoms with Crippen molar-refractivity contribution in [2.45, 2.75) is 89.9 Å². The lowest BCUT2D eigenvalue weighted by Crippen LogP contribution is -2.20. The number of unbranched alkanes of at least 4 members (excludes halogenated alkanes) is 3. The van der Waals surface area contributed by atoms with E-state index >= 15 is 0 Å². The molecule has 2 amide bonds. The lowest BCUT2D eigenvalue weighted by molar-refractivity contribution is -0.122. The van der Waals surface area contributed by atoms with E-state index < -0.39 is 0 Å². The summed E-state index contributed by atoms with van der Waals surface area (Å²) in [4.78, 5) is 23.8. The van der Waals surface area contributed by atoms with E-state index in [0.29, 0.717) is 24.7 Å². The number of carbonyl (C=O) groups excluding carboxylic acids is 2. The van der Waals surface area contributed by atoms with Gasteiger partial charge in [0.15, 0.2) is 0 Å². The Bertz CT molecular complexity index is 606. The molecule has 2 N–H and O–H groups in total. The van der Waals surface area contributed by atoms with Crippen LogP contribution >= 0.6 is 0 Å². The summed E-state index contributed by atoms with van der Waals surface area (Å²) in [7, 11) is 0. The summed E-state index contributed by atoms with van der Waals surface area (Å²) in [6.07, 6.45) is 19.2. The number of nitrogens with one attached hydrogen (secondary N) is 2. The molecule has 0 saturated heterocycles. The van der Waals surface area contributed by atoms with Crippen LogP contribution < -0.4 is 10.9 Å². The van der Waals surface area contributed by atoms with Gasteiger partial charge in [0, 0.05) is 25.3 Å². The summed E-state index contributed by atoms with van der Waals surface area (Å²) in [6, 6.07) is 0. The van der Waals surface area contributed by atoms with E-state index in [1.54, 1.807) is 0 Å². The highest BCUT2D eigenvalue weighted by atomic mass is 16.2. The standard InChI is InChI=1S/C24H38N4O2/c29-23(27-25-15-21-13-17-7-9-19(21)11-17)5-3-1-2-4-6-24(30)28-26-16-22-14-18-8-10-20(22)12-18/h15-22H,1-14H2,(H,27,29)(H,28,30)/b25-15-,26-16+/t17-,18-,19-,20-,21+,22+/m0/s1. The first-order chi connectivity index (χ1) is 14.7. The summed E-state index contributed by atoms with van der Waals surface area (Å²) in [5.41, 5.74) is 5.37. The second-order valence-electron chi connectivity index (χ2n) is 10.2. The highest BCUT2D eigenvalue weighted by Crippen LogP contribution is 2.48. The van der Waals surface area contributed by atoms with Gasteiger partial charge < -0.3 is 0 Å². The van der Waals surface area contributed by atoms with Gasteiger partial charge in [0.25, 0.3) is 0 Å². The summed E-state index contributed by atoms with van der Waals surface area (Å²) < 4.78 is 0. The van der Waals surface area contributed by atoms with E-state index in [1.807, 2.05) is 12.4 Å². The van der Waals surface area contributed by atoms with E-state index in [9.17, 15) is 9.59 Å². The third-order valence-electron chi connectivity index (χ3n) is 8.05. The van der Waals surface area contributed by atoms with Crippen LogP contribution in [-0.4, -0.2) is 24.2 Å². The van der Waals surface area contributed by atoms with Gasteiger partial charge in [-0.05, 0) is 86.9 Å². The molecule has 4 fully saturated rings. The molecule has 0 unspecified atom stereocenters. The first kappa shape index (κ1) is 21.5. The van der Waals surface area contributed by atoms with Crippen molar-refractivity contribution in [3.05, 3.63) is 0 Å². The van der Waals surface area contributed by atoms with E-state index in [-0.39, 0.29) is 11.8 Å². The Morgan fingerprint density at radius 2 is 1.13 bits per heavy atom. The Kier molecular flexibility index (Phi) is 7.56. The molecule has 166 valence electrons. The summed E-state index contributed by atoms with van der Waals surface area (Å²) >= 11 is 0. The molecule has 4 rings (SSSR count). The number of hydrogen-bond donors (Lipinski definition) is 2. The van der Waals surface area contributed by atoms with Gasteiger partial charge in [-0.1, -0.05) is 25.7 Å². The maximum absolute atomic E-state index is 11.9. The molecule has 4 saturated carbocycles. The molecule has 0 aromatic carbocycles. The molecule has 30 heavy (non-hydrogen) atoms. The van der Waals surface area contributed by atoms with Crippen molar-refractivity contribution in [1.82, 2.24) is 10.9 Å². The van der Waals surface area contributed by atoms with Crippen LogP contribution in [0.4, 0.5) is 0 Å². The van der Waals surface area contributed by atoms with Gasteiger partial charge in [-0.15, -0.1) is 0 Å². The van der Waals surface area contributed by atoms with Crippen molar-refractivity contribution >= 4 is 24.2 Å². The average Bonchev–Trinajstić information content (AvgIpc) is 3.52. The first-order valence-electron chi connectivity index (χ1n) is 12.3. The molecule has 6 heteroatoms. The monoisotopic (exact) mass is 414 g/mol. The second-order valence-corrected chi connectivity index (χ2v) is 10.2. The third kappa shape index (κ3) is 5.92. The zero-order valence-electron chi connectivity index (χ0n) is 18.2. The predicted molar refractivity (Wildman–Crippen MR) is 119 cm³/mol. The number of carbonyl (C=O) groups is 2. The van der Waals surface area contributed by atoms with Crippen molar-refractivity contribution < 1.29 is 9.59 Å². The van der Waals surface area contributed by atoms with Gasteiger partial charge in [-0.2, -0.15) is 10.2 Å². The minimum Gasteiger partial charge on any atom is -0.273 e. The molecule has 0 aromatic rings. The molecule has 6 atom stereocenters. The molecule has 0 aliphatic heterocycles. The number of nitrogens with zero attached hydrogens (tertiary/aromatic N) is 2. The molecule has 4 bridgehead atoms. The Morgan fingerprint density at radius 3 is 1.50 bits per heavy atom. The van der Waals surface area contributed by atoms with E-state index in [1.165, 1.54) is 51.4 Å². The van der Waals surface area contributed by atoms with E-state index in [4.69, 9.17) is 0 Å². The van der Waals surface area contributed by atoms with Gasteiger partial charge in [0.1, 0.15) is 0 Å². The number of rotatable bonds is 11. The fourth-order valence-electron chi connectivity index (χ4n) is 6.40. The fourth-order valence-corrected chi connectivity index (χ4v) is 6.40. The molecular formula is C24H38N4O2. The molecule has 0 heterocycles. The lowest BCUT2D eigenvalue weighted by atomic mass is 9.90. The lowest BCUT2D eigenvalue weighted by Gasteiger charge is -2.16. The van der Waals surface area contributed by atoms with Crippen LogP contribution in [0.3, 0.4) is 0 Å². The summed E-state index contributed by atoms with van der Waals surface area (Å²) in [5.74, 6) is 4.56. The first-order valence-corrected chi connectivity index (χ1v) is 12.3. The molecule has 4 aliphatic rings. The number of hydrazone groups is 2. The molecular weight excluding hydrogens is 376 g/mol. The second kappa shape index (κ2) is 10.5. The van der Waals surface area contributed by atoms with E-state index in [2.05, 4.69) is 21.1 Å². The van der Waals surface area contributed by atoms with Gasteiger partial charge in [0.05, 0.1) is 0 Å². The molecule has 0 aromatic heterocycles. The maximum atomic E-state index is 11.9. The third-order valence-corrected chi connectivity index (χ3v) is 8.05. The Morgan fingerprint density at radius 1 is 0.667 bits per heavy atom. The van der Waals surface area contributed by atoms with Crippen molar-refractivity contribution in [2.24, 2.45) is 45.7 Å². The van der Waals surface area contributed by atoms with Gasteiger partial charge in [-0.25, -0.2) is 10.9 Å². The maximum Gasteiger partial charge on any atom is 0.240 e. The van der Waals surface area contributed by atoms with Crippen LogP contribution in [0.15, 0.2) is 10.2 Å². The highest BCUT2D eigenvalue weighted by molar-refractivity contribution is 5.77. The summed E-state index contributed by atoms with van der Waals surface area (Å²) in [5, 5.41) is 8.38. The smallest absolute Gasteiger partial charge is 0.240 e. The van der Waals surface area contributed by atoms with Crippen molar-refractivity contribution in [1.29, 1.82) is 0 Å². The van der Waals surface area contributed by atoms with Crippen LogP contribution in [0.25, 0.3) is 0 Å². The van der Waals surface area contributed by atoms with Gasteiger partial charge >= 0.3 is 0 Å². The zero-order chi connectivity index (χ0) is 20.8. The fraction of sp³-hybridized carbons (Fsp3) is 0.833. The molecule has 6 nitrogen and oxygen atoms in total. The normalized spacial score (nSPS) is 34.4. The molecule has 0 spiro atoms. The minimum atomic E-state index is 0.00195. The number of amides is 2. The van der Waals surface area contributed by atoms with Crippen molar-refractivity contribution in [3.63, 3.8) is 0 Å². The SMILES string of the molecule is O=C(CCCCCCC(=O)N/N=C/[C@H]1C[C@H]2CC[C@H]1C2)N/N=C\[C@H]1C[C@H]2CC[C@H]1C2. The highest BCUT2D eigenvalue weighted by Gasteiger charge is 2.39. The van der Waals surface area contributed by atoms with Crippen LogP contribution in [0.5, 0.6) is 0 Å². The molecule has 4 aliphatic carbocycles. The minimum absolute atomic E-state index is 0.00195. The average molecular weight is 415 g/mol. The van der Waals surface area contributed by atoms with E-state index in [0.717, 1.165) is 49.4 Å². The number of fused-ring (bicyclic) bond motifs is 4. The largest absolute Gasteiger partial charge is 0.273 e. The van der Waals surface area contributed by atoms with Crippen LogP contribution in [0, 0.1) is 35.5 Å². The van der Waals surface area contributed by atoms with Crippen LogP contribution in [-0.2, 0) is 9.59 Å². The Hall–Kier alpha value is -1.72. The predicted octanol–water partition coefficient (Wildman–Crippen LogP) is 4.40. The summed E-state index contributed by atoms with van der Waals surface area (Å²) in [6.45, 7) is 0. The number of hydrogen-bond acceptors (Lipinski definition) is 4. The zero-order valence-corrected chi connectivity index (χ0v) is 18.2. The van der Waals surface area contributed by atoms with Gasteiger partial charge in [0.2, 0.25) is 11.8 Å². The van der Waals surface area contributed by atoms with Crippen molar-refractivity contribution in [3.8, 4) is 0 Å². The van der Waals surface area contributed by atoms with Crippen molar-refractivity contribution in [2.75, 3.05) is 0 Å². The van der Waals surface area contributed by atoms with Crippen LogP contribution in [0.2, 0.25) is 0 Å². The molecule has 0 radical (unpaired) electrons. The topological polar surface area (TPSA) is 82.9 Å².